The number of nitrogens with one attached hydrogen (secondary N) is 2. The van der Waals surface area contributed by atoms with Crippen molar-refractivity contribution < 1.29 is 4.79 Å². The highest BCUT2D eigenvalue weighted by atomic mass is 16.2. The van der Waals surface area contributed by atoms with Gasteiger partial charge in [-0.2, -0.15) is 0 Å². The zero-order valence-corrected chi connectivity index (χ0v) is 16.2. The first-order chi connectivity index (χ1) is 10.7. The number of unbranched alkanes of at least 4 members (excludes halogenated alkanes) is 3. The summed E-state index contributed by atoms with van der Waals surface area (Å²) in [5.74, 6) is 0.101. The highest BCUT2D eigenvalue weighted by molar-refractivity contribution is 5.81. The summed E-state index contributed by atoms with van der Waals surface area (Å²) in [6, 6.07) is 0. The summed E-state index contributed by atoms with van der Waals surface area (Å²) in [6.07, 6.45) is 15.9. The van der Waals surface area contributed by atoms with E-state index in [4.69, 9.17) is 0 Å². The fourth-order valence-electron chi connectivity index (χ4n) is 2.88. The van der Waals surface area contributed by atoms with E-state index in [1.165, 1.54) is 25.7 Å². The van der Waals surface area contributed by atoms with E-state index >= 15 is 0 Å². The van der Waals surface area contributed by atoms with Crippen LogP contribution in [0.4, 0.5) is 0 Å². The monoisotopic (exact) mass is 322 g/mol. The summed E-state index contributed by atoms with van der Waals surface area (Å²) in [5, 5.41) is 5.86. The first kappa shape index (κ1) is 21.9. The molecular weight excluding hydrogens is 284 g/mol. The van der Waals surface area contributed by atoms with Crippen LogP contribution in [-0.2, 0) is 4.79 Å². The predicted octanol–water partition coefficient (Wildman–Crippen LogP) is 4.80. The number of amides is 1. The van der Waals surface area contributed by atoms with Crippen LogP contribution in [0.15, 0.2) is 24.3 Å². The van der Waals surface area contributed by atoms with E-state index in [0.29, 0.717) is 6.67 Å². The van der Waals surface area contributed by atoms with E-state index in [0.717, 1.165) is 12.8 Å². The molecule has 0 fully saturated rings. The van der Waals surface area contributed by atoms with Gasteiger partial charge in [-0.1, -0.05) is 71.8 Å². The van der Waals surface area contributed by atoms with Gasteiger partial charge >= 0.3 is 0 Å². The van der Waals surface area contributed by atoms with Gasteiger partial charge in [0.1, 0.15) is 0 Å². The van der Waals surface area contributed by atoms with Crippen molar-refractivity contribution in [1.82, 2.24) is 10.6 Å². The molecule has 0 aromatic rings. The SMILES string of the molecule is CCCCC/C=C\C/C=C\C(C)(C)CC(C)(C)C(=O)NCNC. The summed E-state index contributed by atoms with van der Waals surface area (Å²) in [5.41, 5.74) is -0.364. The van der Waals surface area contributed by atoms with E-state index in [2.05, 4.69) is 55.7 Å². The summed E-state index contributed by atoms with van der Waals surface area (Å²) in [7, 11) is 1.83. The van der Waals surface area contributed by atoms with Gasteiger partial charge in [-0.05, 0) is 38.1 Å². The second-order valence-corrected chi connectivity index (χ2v) is 7.69. The normalized spacial score (nSPS) is 13.1. The molecule has 0 bridgehead atoms. The van der Waals surface area contributed by atoms with E-state index in [9.17, 15) is 4.79 Å². The zero-order valence-electron chi connectivity index (χ0n) is 16.2. The second-order valence-electron chi connectivity index (χ2n) is 7.69. The van der Waals surface area contributed by atoms with E-state index < -0.39 is 0 Å². The van der Waals surface area contributed by atoms with Gasteiger partial charge in [-0.25, -0.2) is 0 Å². The fraction of sp³-hybridized carbons (Fsp3) is 0.750. The largest absolute Gasteiger partial charge is 0.343 e. The lowest BCUT2D eigenvalue weighted by atomic mass is 9.74. The molecule has 0 saturated carbocycles. The molecule has 23 heavy (non-hydrogen) atoms. The molecule has 0 aliphatic heterocycles. The highest BCUT2D eigenvalue weighted by Gasteiger charge is 2.33. The Morgan fingerprint density at radius 3 is 2.35 bits per heavy atom. The number of hydrogen-bond acceptors (Lipinski definition) is 2. The number of hydrogen-bond donors (Lipinski definition) is 2. The van der Waals surface area contributed by atoms with E-state index in [-0.39, 0.29) is 16.7 Å². The van der Waals surface area contributed by atoms with Gasteiger partial charge < -0.3 is 10.6 Å². The van der Waals surface area contributed by atoms with Gasteiger partial charge in [0.25, 0.3) is 0 Å². The Balaban J connectivity index is 4.29. The first-order valence-electron chi connectivity index (χ1n) is 9.01. The third-order valence-electron chi connectivity index (χ3n) is 3.92. The maximum atomic E-state index is 12.2. The Bertz CT molecular complexity index is 381. The Morgan fingerprint density at radius 1 is 1.04 bits per heavy atom. The summed E-state index contributed by atoms with van der Waals surface area (Å²) < 4.78 is 0. The minimum Gasteiger partial charge on any atom is -0.343 e. The molecule has 3 nitrogen and oxygen atoms in total. The second kappa shape index (κ2) is 11.4. The maximum absolute atomic E-state index is 12.2. The number of rotatable bonds is 12. The third-order valence-corrected chi connectivity index (χ3v) is 3.92. The van der Waals surface area contributed by atoms with Crippen LogP contribution in [0.2, 0.25) is 0 Å². The predicted molar refractivity (Wildman–Crippen MR) is 101 cm³/mol. The molecule has 0 aliphatic carbocycles. The summed E-state index contributed by atoms with van der Waals surface area (Å²) in [6.45, 7) is 11.2. The van der Waals surface area contributed by atoms with Crippen molar-refractivity contribution in [3.05, 3.63) is 24.3 Å². The van der Waals surface area contributed by atoms with Gasteiger partial charge in [0.15, 0.2) is 0 Å². The van der Waals surface area contributed by atoms with Crippen LogP contribution < -0.4 is 10.6 Å². The van der Waals surface area contributed by atoms with Gasteiger partial charge in [-0.15, -0.1) is 0 Å². The first-order valence-corrected chi connectivity index (χ1v) is 9.01. The zero-order chi connectivity index (χ0) is 17.8. The molecule has 0 saturated heterocycles. The molecule has 3 heteroatoms. The highest BCUT2D eigenvalue weighted by Crippen LogP contribution is 2.35. The van der Waals surface area contributed by atoms with Crippen molar-refractivity contribution in [2.75, 3.05) is 13.7 Å². The van der Waals surface area contributed by atoms with Gasteiger partial charge in [-0.3, -0.25) is 4.79 Å². The average molecular weight is 323 g/mol. The van der Waals surface area contributed by atoms with E-state index in [1.54, 1.807) is 0 Å². The van der Waals surface area contributed by atoms with Gasteiger partial charge in [0.05, 0.1) is 6.67 Å². The minimum absolute atomic E-state index is 0.0105. The van der Waals surface area contributed by atoms with Crippen LogP contribution >= 0.6 is 0 Å². The average Bonchev–Trinajstić information content (AvgIpc) is 2.46. The molecule has 0 aromatic heterocycles. The lowest BCUT2D eigenvalue weighted by Crippen LogP contribution is -2.42. The molecule has 0 aromatic carbocycles. The van der Waals surface area contributed by atoms with Crippen LogP contribution in [0.3, 0.4) is 0 Å². The molecular formula is C20H38N2O. The molecule has 0 heterocycles. The molecule has 0 unspecified atom stereocenters. The minimum atomic E-state index is -0.374. The van der Waals surface area contributed by atoms with Crippen LogP contribution in [0.1, 0.15) is 73.1 Å². The standard InChI is InChI=1S/C20H38N2O/c1-7-8-9-10-11-12-13-14-15-19(2,3)16-20(4,5)18(23)22-17-21-6/h11-12,14-15,21H,7-10,13,16-17H2,1-6H3,(H,22,23)/b12-11-,15-14-. The molecule has 1 amide bonds. The van der Waals surface area contributed by atoms with Crippen molar-refractivity contribution in [1.29, 1.82) is 0 Å². The van der Waals surface area contributed by atoms with Crippen molar-refractivity contribution in [2.45, 2.75) is 73.1 Å². The molecule has 0 radical (unpaired) electrons. The Morgan fingerprint density at radius 2 is 1.74 bits per heavy atom. The molecule has 0 spiro atoms. The van der Waals surface area contributed by atoms with Crippen LogP contribution in [0.25, 0.3) is 0 Å². The van der Waals surface area contributed by atoms with E-state index in [1.807, 2.05) is 20.9 Å². The Hall–Kier alpha value is -1.09. The lowest BCUT2D eigenvalue weighted by molar-refractivity contribution is -0.130. The van der Waals surface area contributed by atoms with Crippen molar-refractivity contribution >= 4 is 5.91 Å². The Kier molecular flexibility index (Phi) is 10.9. The third kappa shape index (κ3) is 11.1. The van der Waals surface area contributed by atoms with Gasteiger partial charge in [0.2, 0.25) is 5.91 Å². The number of allylic oxidation sites excluding steroid dienone is 4. The van der Waals surface area contributed by atoms with Crippen LogP contribution in [0, 0.1) is 10.8 Å². The van der Waals surface area contributed by atoms with Crippen molar-refractivity contribution in [2.24, 2.45) is 10.8 Å². The quantitative estimate of drug-likeness (QED) is 0.308. The smallest absolute Gasteiger partial charge is 0.226 e. The molecule has 0 aliphatic rings. The summed E-state index contributed by atoms with van der Waals surface area (Å²) in [4.78, 5) is 12.2. The number of carbonyl (C=O) groups is 1. The Labute approximate surface area is 144 Å². The lowest BCUT2D eigenvalue weighted by Gasteiger charge is -2.32. The van der Waals surface area contributed by atoms with Crippen LogP contribution in [-0.4, -0.2) is 19.6 Å². The summed E-state index contributed by atoms with van der Waals surface area (Å²) >= 11 is 0. The van der Waals surface area contributed by atoms with Crippen molar-refractivity contribution in [3.8, 4) is 0 Å². The fourth-order valence-corrected chi connectivity index (χ4v) is 2.88. The van der Waals surface area contributed by atoms with Crippen LogP contribution in [0.5, 0.6) is 0 Å². The maximum Gasteiger partial charge on any atom is 0.226 e. The number of carbonyl (C=O) groups excluding carboxylic acids is 1. The molecule has 2 N–H and O–H groups in total. The molecule has 0 atom stereocenters. The topological polar surface area (TPSA) is 41.1 Å². The molecule has 0 rings (SSSR count). The van der Waals surface area contributed by atoms with Gasteiger partial charge in [0, 0.05) is 5.41 Å². The molecule has 134 valence electrons. The van der Waals surface area contributed by atoms with Crippen molar-refractivity contribution in [3.63, 3.8) is 0 Å².